The van der Waals surface area contributed by atoms with Crippen LogP contribution in [0.25, 0.3) is 0 Å². The molecule has 1 aromatic heterocycles. The second kappa shape index (κ2) is 5.20. The number of aryl methyl sites for hydroxylation is 1. The van der Waals surface area contributed by atoms with Crippen LogP contribution in [0.3, 0.4) is 0 Å². The first-order valence-electron chi connectivity index (χ1n) is 6.00. The average molecular weight is 268 g/mol. The molecule has 1 N–H and O–H groups in total. The number of ketones is 1. The molecule has 1 unspecified atom stereocenters. The minimum atomic E-state index is -1.38. The summed E-state index contributed by atoms with van der Waals surface area (Å²) < 4.78 is 5.23. The summed E-state index contributed by atoms with van der Waals surface area (Å²) in [5.74, 6) is -1.29. The van der Waals surface area contributed by atoms with E-state index in [4.69, 9.17) is 4.74 Å². The van der Waals surface area contributed by atoms with E-state index >= 15 is 0 Å². The molecule has 98 valence electrons. The van der Waals surface area contributed by atoms with Crippen molar-refractivity contribution in [3.05, 3.63) is 21.9 Å². The van der Waals surface area contributed by atoms with E-state index in [-0.39, 0.29) is 25.2 Å². The highest BCUT2D eigenvalue weighted by Gasteiger charge is 2.48. The number of ether oxygens (including phenoxy) is 1. The van der Waals surface area contributed by atoms with Crippen LogP contribution in [-0.2, 0) is 27.2 Å². The van der Waals surface area contributed by atoms with E-state index in [9.17, 15) is 14.7 Å². The van der Waals surface area contributed by atoms with Crippen molar-refractivity contribution >= 4 is 23.1 Å². The predicted octanol–water partition coefficient (Wildman–Crippen LogP) is 1.91. The van der Waals surface area contributed by atoms with Crippen molar-refractivity contribution in [3.8, 4) is 0 Å². The number of carbonyl (C=O) groups excluding carboxylic acids is 1. The zero-order valence-corrected chi connectivity index (χ0v) is 11.1. The number of hydrogen-bond acceptors (Lipinski definition) is 4. The number of Topliss-reactive ketones (excluding diaryl/α,β-unsaturated/α-hetero) is 1. The van der Waals surface area contributed by atoms with Crippen LogP contribution in [0, 0.1) is 5.41 Å². The van der Waals surface area contributed by atoms with Gasteiger partial charge in [-0.25, -0.2) is 0 Å². The third kappa shape index (κ3) is 2.33. The highest BCUT2D eigenvalue weighted by molar-refractivity contribution is 7.12. The Bertz CT molecular complexity index is 465. The van der Waals surface area contributed by atoms with Crippen LogP contribution in [0.5, 0.6) is 0 Å². The minimum absolute atomic E-state index is 0.0134. The fourth-order valence-electron chi connectivity index (χ4n) is 2.14. The first-order valence-corrected chi connectivity index (χ1v) is 6.82. The summed E-state index contributed by atoms with van der Waals surface area (Å²) in [6.45, 7) is 2.37. The van der Waals surface area contributed by atoms with Gasteiger partial charge in [0.15, 0.2) is 11.2 Å². The Morgan fingerprint density at radius 3 is 2.78 bits per heavy atom. The lowest BCUT2D eigenvalue weighted by Crippen LogP contribution is -2.48. The largest absolute Gasteiger partial charge is 0.480 e. The van der Waals surface area contributed by atoms with Gasteiger partial charge in [0.2, 0.25) is 0 Å². The van der Waals surface area contributed by atoms with Crippen LogP contribution in [0.1, 0.15) is 23.1 Å². The summed E-state index contributed by atoms with van der Waals surface area (Å²) in [5, 5.41) is 9.39. The third-order valence-corrected chi connectivity index (χ3v) is 4.54. The monoisotopic (exact) mass is 268 g/mol. The molecule has 0 aromatic carbocycles. The summed E-state index contributed by atoms with van der Waals surface area (Å²) >= 11 is 1.57. The van der Waals surface area contributed by atoms with Gasteiger partial charge in [0.05, 0.1) is 13.2 Å². The predicted molar refractivity (Wildman–Crippen MR) is 67.9 cm³/mol. The van der Waals surface area contributed by atoms with Crippen molar-refractivity contribution in [1.82, 2.24) is 0 Å². The summed E-state index contributed by atoms with van der Waals surface area (Å²) in [6.07, 6.45) is 1.36. The van der Waals surface area contributed by atoms with E-state index in [0.29, 0.717) is 6.61 Å². The van der Waals surface area contributed by atoms with Crippen molar-refractivity contribution in [3.63, 3.8) is 0 Å². The lowest BCUT2D eigenvalue weighted by Gasteiger charge is -2.31. The van der Waals surface area contributed by atoms with E-state index in [0.717, 1.165) is 11.3 Å². The molecule has 0 bridgehead atoms. The van der Waals surface area contributed by atoms with E-state index in [1.165, 1.54) is 4.88 Å². The molecule has 2 rings (SSSR count). The molecule has 0 saturated carbocycles. The summed E-state index contributed by atoms with van der Waals surface area (Å²) in [7, 11) is 0. The van der Waals surface area contributed by atoms with Gasteiger partial charge in [-0.15, -0.1) is 11.3 Å². The smallest absolute Gasteiger partial charge is 0.319 e. The first kappa shape index (κ1) is 13.2. The molecule has 1 saturated heterocycles. The Hall–Kier alpha value is -1.20. The normalized spacial score (nSPS) is 24.2. The molecular formula is C13H16O4S. The van der Waals surface area contributed by atoms with Crippen molar-refractivity contribution < 1.29 is 19.4 Å². The molecule has 18 heavy (non-hydrogen) atoms. The van der Waals surface area contributed by atoms with Crippen LogP contribution < -0.4 is 0 Å². The molecule has 5 heteroatoms. The second-order valence-electron chi connectivity index (χ2n) is 4.51. The van der Waals surface area contributed by atoms with E-state index < -0.39 is 11.4 Å². The molecular weight excluding hydrogens is 252 g/mol. The topological polar surface area (TPSA) is 63.6 Å². The van der Waals surface area contributed by atoms with Crippen molar-refractivity contribution in [2.24, 2.45) is 5.41 Å². The van der Waals surface area contributed by atoms with Gasteiger partial charge >= 0.3 is 5.97 Å². The van der Waals surface area contributed by atoms with Gasteiger partial charge in [-0.3, -0.25) is 9.59 Å². The van der Waals surface area contributed by atoms with Gasteiger partial charge in [-0.2, -0.15) is 0 Å². The maximum Gasteiger partial charge on any atom is 0.319 e. The Morgan fingerprint density at radius 1 is 1.50 bits per heavy atom. The van der Waals surface area contributed by atoms with E-state index in [2.05, 4.69) is 6.92 Å². The van der Waals surface area contributed by atoms with Crippen molar-refractivity contribution in [2.45, 2.75) is 26.2 Å². The van der Waals surface area contributed by atoms with Gasteiger partial charge in [-0.05, 0) is 18.6 Å². The van der Waals surface area contributed by atoms with Crippen molar-refractivity contribution in [1.29, 1.82) is 0 Å². The number of carboxylic acids is 1. The van der Waals surface area contributed by atoms with E-state index in [1.807, 2.05) is 12.1 Å². The highest BCUT2D eigenvalue weighted by Crippen LogP contribution is 2.32. The Kier molecular flexibility index (Phi) is 3.82. The lowest BCUT2D eigenvalue weighted by molar-refractivity contribution is -0.164. The van der Waals surface area contributed by atoms with Crippen LogP contribution in [0.15, 0.2) is 12.1 Å². The lowest BCUT2D eigenvalue weighted by atomic mass is 9.78. The Labute approximate surface area is 110 Å². The third-order valence-electron chi connectivity index (χ3n) is 3.31. The minimum Gasteiger partial charge on any atom is -0.480 e. The molecule has 0 radical (unpaired) electrons. The number of carboxylic acid groups (broad SMARTS) is 1. The standard InChI is InChI=1S/C13H16O4S/c1-2-9-3-4-10(18-9)7-13(12(15)16)8-17-6-5-11(13)14/h3-4H,2,5-8H2,1H3,(H,15,16). The number of aliphatic carboxylic acids is 1. The molecule has 0 aliphatic carbocycles. The maximum atomic E-state index is 12.0. The van der Waals surface area contributed by atoms with Crippen LogP contribution in [-0.4, -0.2) is 30.1 Å². The zero-order chi connectivity index (χ0) is 13.2. The molecule has 0 amide bonds. The van der Waals surface area contributed by atoms with Gasteiger partial charge in [0.25, 0.3) is 0 Å². The number of carbonyl (C=O) groups is 2. The summed E-state index contributed by atoms with van der Waals surface area (Å²) in [4.78, 5) is 25.6. The Morgan fingerprint density at radius 2 is 2.22 bits per heavy atom. The highest BCUT2D eigenvalue weighted by atomic mass is 32.1. The number of hydrogen-bond donors (Lipinski definition) is 1. The fraction of sp³-hybridized carbons (Fsp3) is 0.538. The van der Waals surface area contributed by atoms with Gasteiger partial charge in [0, 0.05) is 22.6 Å². The van der Waals surface area contributed by atoms with Gasteiger partial charge < -0.3 is 9.84 Å². The molecule has 0 spiro atoms. The van der Waals surface area contributed by atoms with E-state index in [1.54, 1.807) is 11.3 Å². The number of thiophene rings is 1. The summed E-state index contributed by atoms with van der Waals surface area (Å²) in [6, 6.07) is 3.90. The second-order valence-corrected chi connectivity index (χ2v) is 5.76. The zero-order valence-electron chi connectivity index (χ0n) is 10.3. The quantitative estimate of drug-likeness (QED) is 0.847. The first-order chi connectivity index (χ1) is 8.58. The van der Waals surface area contributed by atoms with Crippen molar-refractivity contribution in [2.75, 3.05) is 13.2 Å². The Balaban J connectivity index is 2.25. The maximum absolute atomic E-state index is 12.0. The van der Waals surface area contributed by atoms with Crippen LogP contribution in [0.2, 0.25) is 0 Å². The summed E-state index contributed by atoms with van der Waals surface area (Å²) in [5.41, 5.74) is -1.38. The SMILES string of the molecule is CCc1ccc(CC2(C(=O)O)COCCC2=O)s1. The molecule has 1 aliphatic rings. The molecule has 1 aliphatic heterocycles. The van der Waals surface area contributed by atoms with Crippen LogP contribution in [0.4, 0.5) is 0 Å². The molecule has 4 nitrogen and oxygen atoms in total. The molecule has 2 heterocycles. The van der Waals surface area contributed by atoms with Gasteiger partial charge in [-0.1, -0.05) is 6.92 Å². The molecule has 1 aromatic rings. The van der Waals surface area contributed by atoms with Crippen LogP contribution >= 0.6 is 11.3 Å². The molecule has 1 atom stereocenters. The molecule has 1 fully saturated rings. The average Bonchev–Trinajstić information content (AvgIpc) is 2.79. The number of rotatable bonds is 4. The van der Waals surface area contributed by atoms with Gasteiger partial charge in [0.1, 0.15) is 0 Å². The fourth-order valence-corrected chi connectivity index (χ4v) is 3.21.